The standard InChI is InChI=1S/C16H20N2O4/c1-11-4-6-12(7-5-11)18-10-2-3-13(16(18)22)17-14(19)8-9-15(20)21/h4-7,13H,2-3,8-10H2,1H3,(H,17,19)(H,20,21). The number of rotatable bonds is 5. The van der Waals surface area contributed by atoms with E-state index in [1.165, 1.54) is 0 Å². The second kappa shape index (κ2) is 7.06. The molecule has 1 aliphatic heterocycles. The van der Waals surface area contributed by atoms with Crippen LogP contribution < -0.4 is 10.2 Å². The van der Waals surface area contributed by atoms with Crippen LogP contribution in [0.5, 0.6) is 0 Å². The number of carboxylic acid groups (broad SMARTS) is 1. The molecule has 6 nitrogen and oxygen atoms in total. The average molecular weight is 304 g/mol. The molecule has 0 aliphatic carbocycles. The zero-order valence-electron chi connectivity index (χ0n) is 12.5. The minimum absolute atomic E-state index is 0.107. The highest BCUT2D eigenvalue weighted by atomic mass is 16.4. The van der Waals surface area contributed by atoms with Gasteiger partial charge in [-0.15, -0.1) is 0 Å². The molecule has 0 radical (unpaired) electrons. The summed E-state index contributed by atoms with van der Waals surface area (Å²) in [5.74, 6) is -1.56. The number of hydrogen-bond donors (Lipinski definition) is 2. The van der Waals surface area contributed by atoms with Crippen LogP contribution in [0.3, 0.4) is 0 Å². The van der Waals surface area contributed by atoms with Crippen LogP contribution >= 0.6 is 0 Å². The van der Waals surface area contributed by atoms with E-state index < -0.39 is 17.9 Å². The van der Waals surface area contributed by atoms with Gasteiger partial charge >= 0.3 is 5.97 Å². The monoisotopic (exact) mass is 304 g/mol. The van der Waals surface area contributed by atoms with Gasteiger partial charge in [-0.25, -0.2) is 0 Å². The molecule has 118 valence electrons. The van der Waals surface area contributed by atoms with Gasteiger partial charge in [0, 0.05) is 18.7 Å². The molecule has 22 heavy (non-hydrogen) atoms. The van der Waals surface area contributed by atoms with Gasteiger partial charge in [-0.2, -0.15) is 0 Å². The summed E-state index contributed by atoms with van der Waals surface area (Å²) in [7, 11) is 0. The Morgan fingerprint density at radius 3 is 2.59 bits per heavy atom. The Balaban J connectivity index is 1.99. The van der Waals surface area contributed by atoms with Gasteiger partial charge in [0.2, 0.25) is 11.8 Å². The van der Waals surface area contributed by atoms with Crippen molar-refractivity contribution in [2.24, 2.45) is 0 Å². The summed E-state index contributed by atoms with van der Waals surface area (Å²) in [6.07, 6.45) is 1.04. The Labute approximate surface area is 129 Å². The van der Waals surface area contributed by atoms with Crippen molar-refractivity contribution >= 4 is 23.5 Å². The fourth-order valence-electron chi connectivity index (χ4n) is 2.48. The molecule has 1 aromatic rings. The summed E-state index contributed by atoms with van der Waals surface area (Å²) in [5.41, 5.74) is 1.94. The molecule has 1 fully saturated rings. The van der Waals surface area contributed by atoms with Gasteiger partial charge in [0.15, 0.2) is 0 Å². The van der Waals surface area contributed by atoms with Crippen molar-refractivity contribution in [3.05, 3.63) is 29.8 Å². The molecule has 2 N–H and O–H groups in total. The minimum Gasteiger partial charge on any atom is -0.481 e. The van der Waals surface area contributed by atoms with Crippen LogP contribution in [0.1, 0.15) is 31.2 Å². The minimum atomic E-state index is -1.02. The van der Waals surface area contributed by atoms with E-state index in [0.29, 0.717) is 13.0 Å². The number of aliphatic carboxylic acids is 1. The summed E-state index contributed by atoms with van der Waals surface area (Å²) >= 11 is 0. The average Bonchev–Trinajstić information content (AvgIpc) is 2.48. The number of aryl methyl sites for hydroxylation is 1. The number of benzene rings is 1. The van der Waals surface area contributed by atoms with Crippen molar-refractivity contribution in [3.63, 3.8) is 0 Å². The van der Waals surface area contributed by atoms with Crippen molar-refractivity contribution < 1.29 is 19.5 Å². The lowest BCUT2D eigenvalue weighted by molar-refractivity contribution is -0.139. The molecular formula is C16H20N2O4. The predicted molar refractivity (Wildman–Crippen MR) is 81.6 cm³/mol. The molecule has 0 saturated carbocycles. The second-order valence-electron chi connectivity index (χ2n) is 5.48. The van der Waals surface area contributed by atoms with Gasteiger partial charge in [0.25, 0.3) is 0 Å². The largest absolute Gasteiger partial charge is 0.481 e. The first kappa shape index (κ1) is 16.0. The molecular weight excluding hydrogens is 284 g/mol. The summed E-state index contributed by atoms with van der Waals surface area (Å²) < 4.78 is 0. The third kappa shape index (κ3) is 4.07. The number of piperidine rings is 1. The lowest BCUT2D eigenvalue weighted by atomic mass is 10.0. The molecule has 1 unspecified atom stereocenters. The van der Waals surface area contributed by atoms with E-state index in [-0.39, 0.29) is 18.7 Å². The molecule has 1 aromatic carbocycles. The molecule has 0 aromatic heterocycles. The first-order valence-corrected chi connectivity index (χ1v) is 7.36. The van der Waals surface area contributed by atoms with E-state index in [2.05, 4.69) is 5.32 Å². The second-order valence-corrected chi connectivity index (χ2v) is 5.48. The van der Waals surface area contributed by atoms with E-state index in [4.69, 9.17) is 5.11 Å². The van der Waals surface area contributed by atoms with E-state index in [0.717, 1.165) is 17.7 Å². The highest BCUT2D eigenvalue weighted by molar-refractivity contribution is 6.00. The molecule has 1 heterocycles. The van der Waals surface area contributed by atoms with Crippen LogP contribution in [0.25, 0.3) is 0 Å². The SMILES string of the molecule is Cc1ccc(N2CCCC(NC(=O)CCC(=O)O)C2=O)cc1. The van der Waals surface area contributed by atoms with Gasteiger partial charge in [-0.3, -0.25) is 14.4 Å². The van der Waals surface area contributed by atoms with Crippen molar-refractivity contribution in [2.45, 2.75) is 38.6 Å². The topological polar surface area (TPSA) is 86.7 Å². The Morgan fingerprint density at radius 2 is 1.95 bits per heavy atom. The maximum absolute atomic E-state index is 12.5. The van der Waals surface area contributed by atoms with Crippen molar-refractivity contribution in [1.82, 2.24) is 5.32 Å². The molecule has 0 bridgehead atoms. The molecule has 6 heteroatoms. The van der Waals surface area contributed by atoms with Crippen LogP contribution in [0.4, 0.5) is 5.69 Å². The van der Waals surface area contributed by atoms with Crippen LogP contribution in [0.2, 0.25) is 0 Å². The Kier molecular flexibility index (Phi) is 5.14. The number of anilines is 1. The lowest BCUT2D eigenvalue weighted by Gasteiger charge is -2.32. The molecule has 1 atom stereocenters. The molecule has 0 spiro atoms. The number of carbonyl (C=O) groups excluding carboxylic acids is 2. The third-order valence-corrected chi connectivity index (χ3v) is 3.69. The lowest BCUT2D eigenvalue weighted by Crippen LogP contribution is -2.52. The normalized spacial score (nSPS) is 18.1. The summed E-state index contributed by atoms with van der Waals surface area (Å²) in [4.78, 5) is 36.3. The van der Waals surface area contributed by atoms with E-state index in [9.17, 15) is 14.4 Å². The molecule has 1 aliphatic rings. The van der Waals surface area contributed by atoms with Gasteiger partial charge < -0.3 is 15.3 Å². The third-order valence-electron chi connectivity index (χ3n) is 3.69. The van der Waals surface area contributed by atoms with Gasteiger partial charge in [-0.05, 0) is 31.9 Å². The predicted octanol–water partition coefficient (Wildman–Crippen LogP) is 1.47. The number of amides is 2. The quantitative estimate of drug-likeness (QED) is 0.862. The van der Waals surface area contributed by atoms with Crippen LogP contribution in [0.15, 0.2) is 24.3 Å². The van der Waals surface area contributed by atoms with Crippen molar-refractivity contribution in [2.75, 3.05) is 11.4 Å². The Hall–Kier alpha value is -2.37. The van der Waals surface area contributed by atoms with E-state index >= 15 is 0 Å². The summed E-state index contributed by atoms with van der Waals surface area (Å²) in [6.45, 7) is 2.61. The summed E-state index contributed by atoms with van der Waals surface area (Å²) in [5, 5.41) is 11.2. The number of nitrogens with zero attached hydrogens (tertiary/aromatic N) is 1. The number of carbonyl (C=O) groups is 3. The Bertz CT molecular complexity index is 568. The van der Waals surface area contributed by atoms with Crippen molar-refractivity contribution in [3.8, 4) is 0 Å². The first-order chi connectivity index (χ1) is 10.5. The maximum atomic E-state index is 12.5. The zero-order valence-corrected chi connectivity index (χ0v) is 12.5. The van der Waals surface area contributed by atoms with Gasteiger partial charge in [0.1, 0.15) is 6.04 Å². The highest BCUT2D eigenvalue weighted by Crippen LogP contribution is 2.21. The van der Waals surface area contributed by atoms with Gasteiger partial charge in [-0.1, -0.05) is 17.7 Å². The van der Waals surface area contributed by atoms with Crippen molar-refractivity contribution in [1.29, 1.82) is 0 Å². The Morgan fingerprint density at radius 1 is 1.27 bits per heavy atom. The van der Waals surface area contributed by atoms with Gasteiger partial charge in [0.05, 0.1) is 6.42 Å². The number of hydrogen-bond acceptors (Lipinski definition) is 3. The molecule has 1 saturated heterocycles. The number of nitrogens with one attached hydrogen (secondary N) is 1. The fraction of sp³-hybridized carbons (Fsp3) is 0.438. The highest BCUT2D eigenvalue weighted by Gasteiger charge is 2.30. The van der Waals surface area contributed by atoms with Crippen LogP contribution in [-0.4, -0.2) is 35.5 Å². The first-order valence-electron chi connectivity index (χ1n) is 7.36. The number of carboxylic acids is 1. The molecule has 2 amide bonds. The van der Waals surface area contributed by atoms with E-state index in [1.807, 2.05) is 31.2 Å². The zero-order chi connectivity index (χ0) is 16.1. The van der Waals surface area contributed by atoms with E-state index in [1.54, 1.807) is 4.90 Å². The summed E-state index contributed by atoms with van der Waals surface area (Å²) in [6, 6.07) is 7.09. The van der Waals surface area contributed by atoms with Crippen LogP contribution in [0, 0.1) is 6.92 Å². The maximum Gasteiger partial charge on any atom is 0.303 e. The molecule has 2 rings (SSSR count). The smallest absolute Gasteiger partial charge is 0.303 e. The fourth-order valence-corrected chi connectivity index (χ4v) is 2.48. The van der Waals surface area contributed by atoms with Crippen LogP contribution in [-0.2, 0) is 14.4 Å².